The molecule has 0 aliphatic rings. The van der Waals surface area contributed by atoms with Gasteiger partial charge >= 0.3 is 0 Å². The molecule has 90 valence electrons. The van der Waals surface area contributed by atoms with Crippen molar-refractivity contribution in [3.8, 4) is 0 Å². The second-order valence-corrected chi connectivity index (χ2v) is 4.40. The maximum atomic E-state index is 4.36. The smallest absolute Gasteiger partial charge is 0.224 e. The van der Waals surface area contributed by atoms with Crippen molar-refractivity contribution in [2.75, 3.05) is 23.7 Å². The Bertz CT molecular complexity index is 312. The highest BCUT2D eigenvalue weighted by Gasteiger charge is 2.06. The number of hydrogen-bond donors (Lipinski definition) is 2. The molecule has 0 bridgehead atoms. The van der Waals surface area contributed by atoms with Crippen LogP contribution >= 0.6 is 0 Å². The molecule has 0 spiro atoms. The lowest BCUT2D eigenvalue weighted by Gasteiger charge is -2.16. The molecule has 4 nitrogen and oxygen atoms in total. The molecule has 0 aromatic carbocycles. The largest absolute Gasteiger partial charge is 0.370 e. The fraction of sp³-hybridized carbons (Fsp3) is 0.667. The van der Waals surface area contributed by atoms with Gasteiger partial charge in [-0.1, -0.05) is 20.8 Å². The predicted molar refractivity (Wildman–Crippen MR) is 68.7 cm³/mol. The van der Waals surface area contributed by atoms with Crippen LogP contribution in [0.25, 0.3) is 0 Å². The Morgan fingerprint density at radius 2 is 2.00 bits per heavy atom. The number of nitrogens with zero attached hydrogens (tertiary/aromatic N) is 2. The third-order valence-electron chi connectivity index (χ3n) is 2.73. The zero-order valence-electron chi connectivity index (χ0n) is 10.6. The van der Waals surface area contributed by atoms with Crippen LogP contribution < -0.4 is 10.6 Å². The zero-order chi connectivity index (χ0) is 12.0. The first-order valence-corrected chi connectivity index (χ1v) is 5.94. The van der Waals surface area contributed by atoms with E-state index in [0.717, 1.165) is 18.9 Å². The molecule has 1 unspecified atom stereocenters. The highest BCUT2D eigenvalue weighted by molar-refractivity contribution is 5.39. The SMILES string of the molecule is CCNc1nccc(NCC(C)C(C)C)n1. The zero-order valence-corrected chi connectivity index (χ0v) is 10.6. The molecule has 0 saturated heterocycles. The van der Waals surface area contributed by atoms with Gasteiger partial charge in [0, 0.05) is 19.3 Å². The van der Waals surface area contributed by atoms with Crippen LogP contribution in [0.4, 0.5) is 11.8 Å². The molecule has 0 radical (unpaired) electrons. The van der Waals surface area contributed by atoms with Crippen molar-refractivity contribution < 1.29 is 0 Å². The first-order valence-electron chi connectivity index (χ1n) is 5.94. The average Bonchev–Trinajstić information content (AvgIpc) is 2.26. The highest BCUT2D eigenvalue weighted by Crippen LogP contribution is 2.11. The van der Waals surface area contributed by atoms with Gasteiger partial charge in [0.1, 0.15) is 5.82 Å². The van der Waals surface area contributed by atoms with Crippen molar-refractivity contribution in [3.05, 3.63) is 12.3 Å². The Morgan fingerprint density at radius 3 is 2.62 bits per heavy atom. The van der Waals surface area contributed by atoms with Crippen molar-refractivity contribution >= 4 is 11.8 Å². The molecule has 0 saturated carbocycles. The van der Waals surface area contributed by atoms with Crippen molar-refractivity contribution in [1.82, 2.24) is 9.97 Å². The minimum Gasteiger partial charge on any atom is -0.370 e. The Kier molecular flexibility index (Phi) is 5.02. The third-order valence-corrected chi connectivity index (χ3v) is 2.73. The summed E-state index contributed by atoms with van der Waals surface area (Å²) in [4.78, 5) is 8.49. The topological polar surface area (TPSA) is 49.8 Å². The standard InChI is InChI=1S/C12H22N4/c1-5-13-12-14-7-6-11(16-12)15-8-10(4)9(2)3/h6-7,9-10H,5,8H2,1-4H3,(H2,13,14,15,16). The Morgan fingerprint density at radius 1 is 1.25 bits per heavy atom. The normalized spacial score (nSPS) is 12.6. The predicted octanol–water partition coefficient (Wildman–Crippen LogP) is 2.61. The van der Waals surface area contributed by atoms with E-state index < -0.39 is 0 Å². The third kappa shape index (κ3) is 4.04. The molecule has 0 amide bonds. The van der Waals surface area contributed by atoms with Crippen LogP contribution in [-0.2, 0) is 0 Å². The monoisotopic (exact) mass is 222 g/mol. The lowest BCUT2D eigenvalue weighted by Crippen LogP contribution is -2.17. The molecule has 1 heterocycles. The van der Waals surface area contributed by atoms with E-state index in [1.165, 1.54) is 0 Å². The summed E-state index contributed by atoms with van der Waals surface area (Å²) in [5.41, 5.74) is 0. The number of nitrogens with one attached hydrogen (secondary N) is 2. The second kappa shape index (κ2) is 6.30. The highest BCUT2D eigenvalue weighted by atomic mass is 15.1. The maximum Gasteiger partial charge on any atom is 0.224 e. The molecule has 2 N–H and O–H groups in total. The summed E-state index contributed by atoms with van der Waals surface area (Å²) in [6.45, 7) is 10.5. The number of rotatable bonds is 6. The quantitative estimate of drug-likeness (QED) is 0.777. The summed E-state index contributed by atoms with van der Waals surface area (Å²) >= 11 is 0. The summed E-state index contributed by atoms with van der Waals surface area (Å²) in [6, 6.07) is 1.90. The summed E-state index contributed by atoms with van der Waals surface area (Å²) in [6.07, 6.45) is 1.77. The summed E-state index contributed by atoms with van der Waals surface area (Å²) in [5, 5.41) is 6.43. The van der Waals surface area contributed by atoms with Crippen LogP contribution in [0.2, 0.25) is 0 Å². The maximum absolute atomic E-state index is 4.36. The molecular formula is C12H22N4. The second-order valence-electron chi connectivity index (χ2n) is 4.40. The Balaban J connectivity index is 2.50. The average molecular weight is 222 g/mol. The van der Waals surface area contributed by atoms with E-state index in [1.54, 1.807) is 6.20 Å². The first kappa shape index (κ1) is 12.7. The van der Waals surface area contributed by atoms with E-state index in [9.17, 15) is 0 Å². The molecule has 4 heteroatoms. The van der Waals surface area contributed by atoms with E-state index in [0.29, 0.717) is 17.8 Å². The van der Waals surface area contributed by atoms with Gasteiger partial charge in [0.05, 0.1) is 0 Å². The molecule has 1 aromatic rings. The number of anilines is 2. The number of hydrogen-bond acceptors (Lipinski definition) is 4. The van der Waals surface area contributed by atoms with Crippen LogP contribution in [0.1, 0.15) is 27.7 Å². The summed E-state index contributed by atoms with van der Waals surface area (Å²) in [5.74, 6) is 2.89. The summed E-state index contributed by atoms with van der Waals surface area (Å²) < 4.78 is 0. The minimum atomic E-state index is 0.637. The summed E-state index contributed by atoms with van der Waals surface area (Å²) in [7, 11) is 0. The van der Waals surface area contributed by atoms with Gasteiger partial charge in [-0.15, -0.1) is 0 Å². The Labute approximate surface area is 97.9 Å². The van der Waals surface area contributed by atoms with Crippen molar-refractivity contribution in [1.29, 1.82) is 0 Å². The lowest BCUT2D eigenvalue weighted by atomic mass is 9.98. The fourth-order valence-corrected chi connectivity index (χ4v) is 1.20. The van der Waals surface area contributed by atoms with Gasteiger partial charge in [-0.25, -0.2) is 4.98 Å². The van der Waals surface area contributed by atoms with Gasteiger partial charge < -0.3 is 10.6 Å². The van der Waals surface area contributed by atoms with E-state index in [-0.39, 0.29) is 0 Å². The van der Waals surface area contributed by atoms with Crippen molar-refractivity contribution in [2.24, 2.45) is 11.8 Å². The van der Waals surface area contributed by atoms with Crippen molar-refractivity contribution in [3.63, 3.8) is 0 Å². The van der Waals surface area contributed by atoms with Gasteiger partial charge in [-0.2, -0.15) is 4.98 Å². The molecule has 0 aliphatic heterocycles. The fourth-order valence-electron chi connectivity index (χ4n) is 1.20. The lowest BCUT2D eigenvalue weighted by molar-refractivity contribution is 0.439. The van der Waals surface area contributed by atoms with Crippen molar-refractivity contribution in [2.45, 2.75) is 27.7 Å². The molecule has 1 atom stereocenters. The molecule has 0 fully saturated rings. The van der Waals surface area contributed by atoms with Gasteiger partial charge in [-0.3, -0.25) is 0 Å². The van der Waals surface area contributed by atoms with Gasteiger partial charge in [0.25, 0.3) is 0 Å². The van der Waals surface area contributed by atoms with E-state index >= 15 is 0 Å². The van der Waals surface area contributed by atoms with Crippen LogP contribution in [0.15, 0.2) is 12.3 Å². The number of aromatic nitrogens is 2. The van der Waals surface area contributed by atoms with Crippen LogP contribution in [0.3, 0.4) is 0 Å². The van der Waals surface area contributed by atoms with E-state index in [1.807, 2.05) is 13.0 Å². The van der Waals surface area contributed by atoms with Crippen LogP contribution in [-0.4, -0.2) is 23.1 Å². The van der Waals surface area contributed by atoms with E-state index in [4.69, 9.17) is 0 Å². The van der Waals surface area contributed by atoms with Gasteiger partial charge in [0.15, 0.2) is 0 Å². The van der Waals surface area contributed by atoms with Gasteiger partial charge in [0.2, 0.25) is 5.95 Å². The molecule has 0 aliphatic carbocycles. The molecule has 1 rings (SSSR count). The molecular weight excluding hydrogens is 200 g/mol. The first-order chi connectivity index (χ1) is 7.63. The molecule has 16 heavy (non-hydrogen) atoms. The van der Waals surface area contributed by atoms with Crippen LogP contribution in [0, 0.1) is 11.8 Å². The Hall–Kier alpha value is -1.32. The molecule has 1 aromatic heterocycles. The minimum absolute atomic E-state index is 0.637. The van der Waals surface area contributed by atoms with E-state index in [2.05, 4.69) is 41.4 Å². The van der Waals surface area contributed by atoms with Crippen LogP contribution in [0.5, 0.6) is 0 Å². The van der Waals surface area contributed by atoms with Gasteiger partial charge in [-0.05, 0) is 24.8 Å².